The molecule has 0 spiro atoms. The standard InChI is InChI=1S/C23H35N3O6S.C21H31N3O6S.C14H21NO3/c1-4-6-7-8-11-26(3)21(29)19-13-16(27)12-18(19)20(28)24-23(14-15(23)5-2)22(30)25-33(31,32)17-9-10-17;1-24-9-5-3-2-4-6-13-12-21(13,20(28)23-31(29,30)15-7-8-15)22-18(26)16-10-14(25)11-17(16)19(24)27;1-3-4-5-6-7-15(2)13(16)11-8-10-9-12(11)14(17)18-10/h4-5,15-19,27H,1-2,6-14H2,3H3,(H,24,28)(H,25,30);4,6,13-17,25H,2-3,5,7-12H2,1H3,(H,22,26)(H,23,28);3,10-12H,1,4-9H2,2H3/b;6-4-;/t15-,16+,18-,19-,23-;13-,14+,16-,17-,21-;/m11./s1. The van der Waals surface area contributed by atoms with Crippen LogP contribution in [0.5, 0.6) is 0 Å². The molecule has 1 saturated heterocycles. The molecule has 7 aliphatic carbocycles. The highest BCUT2D eigenvalue weighted by Gasteiger charge is 2.63. The molecule has 6 N–H and O–H groups in total. The van der Waals surface area contributed by atoms with Gasteiger partial charge in [0.25, 0.3) is 11.8 Å². The van der Waals surface area contributed by atoms with Crippen LogP contribution in [0.1, 0.15) is 135 Å². The van der Waals surface area contributed by atoms with E-state index in [1.165, 1.54) is 6.08 Å². The minimum Gasteiger partial charge on any atom is -0.462 e. The Balaban J connectivity index is 0.000000185. The summed E-state index contributed by atoms with van der Waals surface area (Å²) in [5.74, 6) is -6.83. The van der Waals surface area contributed by atoms with Gasteiger partial charge in [-0.2, -0.15) is 0 Å². The lowest BCUT2D eigenvalue weighted by molar-refractivity contribution is -0.155. The van der Waals surface area contributed by atoms with Crippen molar-refractivity contribution in [3.8, 4) is 0 Å². The third kappa shape index (κ3) is 15.4. The third-order valence-corrected chi connectivity index (χ3v) is 21.6. The van der Waals surface area contributed by atoms with Gasteiger partial charge in [-0.25, -0.2) is 16.8 Å². The number of hydrogen-bond donors (Lipinski definition) is 6. The maximum Gasteiger partial charge on any atom is 0.310 e. The Morgan fingerprint density at radius 2 is 1.29 bits per heavy atom. The molecule has 0 aromatic carbocycles. The summed E-state index contributed by atoms with van der Waals surface area (Å²) in [5.41, 5.74) is -2.72. The summed E-state index contributed by atoms with van der Waals surface area (Å²) in [4.78, 5) is 107. The fourth-order valence-corrected chi connectivity index (χ4v) is 15.1. The average Bonchev–Trinajstić information content (AvgIpc) is 3.55. The smallest absolute Gasteiger partial charge is 0.310 e. The second-order valence-corrected chi connectivity index (χ2v) is 28.2. The van der Waals surface area contributed by atoms with Crippen LogP contribution < -0.4 is 20.1 Å². The predicted molar refractivity (Wildman–Crippen MR) is 303 cm³/mol. The van der Waals surface area contributed by atoms with Crippen molar-refractivity contribution in [2.45, 2.75) is 175 Å². The highest BCUT2D eigenvalue weighted by molar-refractivity contribution is 7.91. The summed E-state index contributed by atoms with van der Waals surface area (Å²) in [7, 11) is -2.29. The molecule has 8 fully saturated rings. The number of carbonyl (C=O) groups is 8. The van der Waals surface area contributed by atoms with Crippen LogP contribution in [0.2, 0.25) is 0 Å². The molecule has 24 heteroatoms. The molecule has 0 radical (unpaired) electrons. The SMILES string of the molecule is C=CCCCCN(C)C(=O)C1CC2CC1C(=O)O2.C=CCCCCN(C)C(=O)[C@@H]1C[C@@H](O)C[C@H]1C(=O)N[C@]1(C(=O)NS(=O)(=O)C2CC2)C[C@H]1C=C.CN1CCCC/C=C\[C@@H]2C[C@@]2(C(=O)NS(=O)(=O)C2CC2)NC(=O)[C@@H]2C[C@H](O)C[C@H]2C1=O. The van der Waals surface area contributed by atoms with Crippen LogP contribution in [0.4, 0.5) is 0 Å². The number of amides is 7. The molecule has 0 aromatic rings. The molecular formula is C58H87N7O15S2. The highest BCUT2D eigenvalue weighted by atomic mass is 32.2. The Hall–Kier alpha value is -5.46. The van der Waals surface area contributed by atoms with Crippen LogP contribution in [0.25, 0.3) is 0 Å². The van der Waals surface area contributed by atoms with Gasteiger partial charge in [-0.3, -0.25) is 47.8 Å². The van der Waals surface area contributed by atoms with Crippen LogP contribution in [0.3, 0.4) is 0 Å². The number of allylic oxidation sites excluding steroid dienone is 3. The first kappa shape index (κ1) is 64.1. The van der Waals surface area contributed by atoms with Crippen molar-refractivity contribution >= 4 is 67.4 Å². The van der Waals surface area contributed by atoms with Crippen molar-refractivity contribution in [2.75, 3.05) is 40.8 Å². The van der Waals surface area contributed by atoms with Gasteiger partial charge in [0.1, 0.15) is 17.2 Å². The van der Waals surface area contributed by atoms with Crippen molar-refractivity contribution in [3.63, 3.8) is 0 Å². The van der Waals surface area contributed by atoms with E-state index in [-0.39, 0.29) is 79.7 Å². The summed E-state index contributed by atoms with van der Waals surface area (Å²) in [5, 5.41) is 24.7. The number of aliphatic hydroxyl groups excluding tert-OH is 2. The van der Waals surface area contributed by atoms with Gasteiger partial charge in [0.05, 0.1) is 58.2 Å². The lowest BCUT2D eigenvalue weighted by atomic mass is 9.93. The van der Waals surface area contributed by atoms with Gasteiger partial charge in [-0.15, -0.1) is 19.7 Å². The molecule has 3 unspecified atom stereocenters. The van der Waals surface area contributed by atoms with Gasteiger partial charge in [0.2, 0.25) is 49.6 Å². The van der Waals surface area contributed by atoms with Crippen molar-refractivity contribution in [2.24, 2.45) is 47.3 Å². The first-order valence-electron chi connectivity index (χ1n) is 29.4. The molecule has 22 nitrogen and oxygen atoms in total. The summed E-state index contributed by atoms with van der Waals surface area (Å²) in [6.45, 7) is 12.9. The number of nitrogens with zero attached hydrogens (tertiary/aromatic N) is 3. The van der Waals surface area contributed by atoms with Crippen molar-refractivity contribution in [1.82, 2.24) is 34.8 Å². The summed E-state index contributed by atoms with van der Waals surface area (Å²) >= 11 is 0. The number of rotatable bonds is 21. The van der Waals surface area contributed by atoms with E-state index in [0.717, 1.165) is 70.8 Å². The Labute approximate surface area is 483 Å². The van der Waals surface area contributed by atoms with E-state index in [9.17, 15) is 65.4 Å². The molecule has 456 valence electrons. The van der Waals surface area contributed by atoms with E-state index in [2.05, 4.69) is 39.8 Å². The van der Waals surface area contributed by atoms with Crippen molar-refractivity contribution < 1.29 is 70.1 Å². The Morgan fingerprint density at radius 3 is 1.84 bits per heavy atom. The highest BCUT2D eigenvalue weighted by Crippen LogP contribution is 2.48. The zero-order chi connectivity index (χ0) is 59.9. The van der Waals surface area contributed by atoms with Gasteiger partial charge >= 0.3 is 5.97 Å². The van der Waals surface area contributed by atoms with E-state index in [1.807, 2.05) is 31.4 Å². The number of fused-ring (bicyclic) bond motifs is 4. The van der Waals surface area contributed by atoms with Crippen LogP contribution in [0.15, 0.2) is 50.1 Å². The summed E-state index contributed by atoms with van der Waals surface area (Å²) < 4.78 is 58.5. The number of esters is 1. The van der Waals surface area contributed by atoms with Gasteiger partial charge < -0.3 is 40.3 Å². The van der Waals surface area contributed by atoms with Crippen molar-refractivity contribution in [1.29, 1.82) is 0 Å². The minimum atomic E-state index is -3.77. The van der Waals surface area contributed by atoms with Crippen LogP contribution in [-0.4, -0.2) is 170 Å². The molecule has 0 aromatic heterocycles. The maximum absolute atomic E-state index is 13.2. The fraction of sp³-hybridized carbons (Fsp3) is 0.724. The molecule has 9 aliphatic rings. The number of sulfonamides is 2. The zero-order valence-electron chi connectivity index (χ0n) is 47.8. The van der Waals surface area contributed by atoms with Gasteiger partial charge in [-0.05, 0) is 135 Å². The van der Waals surface area contributed by atoms with Crippen molar-refractivity contribution in [3.05, 3.63) is 50.1 Å². The van der Waals surface area contributed by atoms with Crippen LogP contribution in [-0.2, 0) is 63.1 Å². The topological polar surface area (TPSA) is 312 Å². The van der Waals surface area contributed by atoms with Crippen LogP contribution in [0, 0.1) is 47.3 Å². The molecule has 2 aliphatic heterocycles. The van der Waals surface area contributed by atoms with E-state index < -0.39 is 107 Å². The second kappa shape index (κ2) is 27.1. The van der Waals surface area contributed by atoms with Gasteiger partial charge in [0, 0.05) is 52.6 Å². The maximum atomic E-state index is 13.2. The number of aliphatic hydroxyl groups is 2. The number of nitrogens with one attached hydrogen (secondary N) is 4. The summed E-state index contributed by atoms with van der Waals surface area (Å²) in [6, 6.07) is 0. The lowest BCUT2D eigenvalue weighted by Gasteiger charge is -2.26. The van der Waals surface area contributed by atoms with E-state index in [1.54, 1.807) is 28.8 Å². The van der Waals surface area contributed by atoms with E-state index in [4.69, 9.17) is 4.74 Å². The zero-order valence-corrected chi connectivity index (χ0v) is 49.5. The monoisotopic (exact) mass is 1190 g/mol. The normalized spacial score (nSPS) is 33.1. The molecule has 7 amide bonds. The Bertz CT molecular complexity index is 2710. The van der Waals surface area contributed by atoms with E-state index in [0.29, 0.717) is 51.6 Å². The average molecular weight is 1190 g/mol. The number of hydrogen-bond acceptors (Lipinski definition) is 15. The third-order valence-electron chi connectivity index (χ3n) is 17.9. The molecule has 7 saturated carbocycles. The van der Waals surface area contributed by atoms with Gasteiger partial charge in [-0.1, -0.05) is 30.4 Å². The van der Waals surface area contributed by atoms with E-state index >= 15 is 0 Å². The first-order valence-corrected chi connectivity index (χ1v) is 32.5. The molecule has 2 bridgehead atoms. The second-order valence-electron chi connectivity index (χ2n) is 24.3. The number of carbonyl (C=O) groups excluding carboxylic acids is 8. The lowest BCUT2D eigenvalue weighted by Crippen LogP contribution is -2.54. The molecule has 9 rings (SSSR count). The molecule has 13 atom stereocenters. The number of ether oxygens (including phenoxy) is 1. The van der Waals surface area contributed by atoms with Gasteiger partial charge in [0.15, 0.2) is 0 Å². The largest absolute Gasteiger partial charge is 0.462 e. The minimum absolute atomic E-state index is 0.00869. The fourth-order valence-electron chi connectivity index (χ4n) is 12.4. The molecule has 82 heavy (non-hydrogen) atoms. The predicted octanol–water partition coefficient (Wildman–Crippen LogP) is 2.67. The summed E-state index contributed by atoms with van der Waals surface area (Å²) in [6.07, 6.45) is 20.3. The quantitative estimate of drug-likeness (QED) is 0.0547. The first-order chi connectivity index (χ1) is 38.8. The molecular weight excluding hydrogens is 1100 g/mol. The Morgan fingerprint density at radius 1 is 0.732 bits per heavy atom. The van der Waals surface area contributed by atoms with Crippen LogP contribution >= 0.6 is 0 Å². The number of unbranched alkanes of at least 4 members (excludes halogenated alkanes) is 4. The molecule has 2 heterocycles. The Kier molecular flexibility index (Phi) is 21.2.